The highest BCUT2D eigenvalue weighted by atomic mass is 15.2. The molecule has 1 aromatic rings. The average Bonchev–Trinajstić information content (AvgIpc) is 2.30. The Labute approximate surface area is 97.1 Å². The molecule has 4 nitrogen and oxygen atoms in total. The SMILES string of the molecule is CC(C)NC1CCCN(c2cncnc2)C1. The third-order valence-electron chi connectivity index (χ3n) is 2.90. The highest BCUT2D eigenvalue weighted by Gasteiger charge is 2.20. The zero-order valence-electron chi connectivity index (χ0n) is 10.1. The molecule has 0 saturated carbocycles. The monoisotopic (exact) mass is 220 g/mol. The summed E-state index contributed by atoms with van der Waals surface area (Å²) in [5.74, 6) is 0. The summed E-state index contributed by atoms with van der Waals surface area (Å²) in [5, 5.41) is 3.60. The summed E-state index contributed by atoms with van der Waals surface area (Å²) in [6.07, 6.45) is 7.87. The molecule has 1 aliphatic rings. The molecule has 1 N–H and O–H groups in total. The van der Waals surface area contributed by atoms with Gasteiger partial charge >= 0.3 is 0 Å². The summed E-state index contributed by atoms with van der Waals surface area (Å²) in [6.45, 7) is 6.57. The maximum atomic E-state index is 4.07. The smallest absolute Gasteiger partial charge is 0.115 e. The van der Waals surface area contributed by atoms with Crippen LogP contribution in [0.15, 0.2) is 18.7 Å². The van der Waals surface area contributed by atoms with Gasteiger partial charge in [-0.3, -0.25) is 0 Å². The van der Waals surface area contributed by atoms with Crippen LogP contribution in [0, 0.1) is 0 Å². The molecule has 0 spiro atoms. The molecule has 0 radical (unpaired) electrons. The van der Waals surface area contributed by atoms with Crippen LogP contribution < -0.4 is 10.2 Å². The summed E-state index contributed by atoms with van der Waals surface area (Å²) in [4.78, 5) is 10.5. The molecule has 1 aromatic heterocycles. The first kappa shape index (κ1) is 11.3. The van der Waals surface area contributed by atoms with Crippen LogP contribution in [-0.2, 0) is 0 Å². The van der Waals surface area contributed by atoms with E-state index in [1.165, 1.54) is 12.8 Å². The van der Waals surface area contributed by atoms with Crippen LogP contribution in [0.4, 0.5) is 5.69 Å². The zero-order chi connectivity index (χ0) is 11.4. The number of nitrogens with zero attached hydrogens (tertiary/aromatic N) is 3. The minimum absolute atomic E-state index is 0.553. The number of hydrogen-bond acceptors (Lipinski definition) is 4. The number of aromatic nitrogens is 2. The molecule has 1 fully saturated rings. The minimum atomic E-state index is 0.553. The first-order valence-corrected chi connectivity index (χ1v) is 6.01. The number of rotatable bonds is 3. The summed E-state index contributed by atoms with van der Waals surface area (Å²) in [5.41, 5.74) is 1.14. The van der Waals surface area contributed by atoms with E-state index in [0.717, 1.165) is 18.8 Å². The van der Waals surface area contributed by atoms with E-state index in [0.29, 0.717) is 12.1 Å². The quantitative estimate of drug-likeness (QED) is 0.837. The van der Waals surface area contributed by atoms with Gasteiger partial charge in [-0.2, -0.15) is 0 Å². The van der Waals surface area contributed by atoms with Gasteiger partial charge in [-0.25, -0.2) is 9.97 Å². The van der Waals surface area contributed by atoms with E-state index in [4.69, 9.17) is 0 Å². The summed E-state index contributed by atoms with van der Waals surface area (Å²) in [7, 11) is 0. The Morgan fingerprint density at radius 2 is 2.12 bits per heavy atom. The van der Waals surface area contributed by atoms with E-state index < -0.39 is 0 Å². The number of anilines is 1. The predicted octanol–water partition coefficient (Wildman–Crippen LogP) is 1.44. The van der Waals surface area contributed by atoms with Gasteiger partial charge in [0, 0.05) is 25.2 Å². The minimum Gasteiger partial charge on any atom is -0.367 e. The van der Waals surface area contributed by atoms with Gasteiger partial charge < -0.3 is 10.2 Å². The van der Waals surface area contributed by atoms with Crippen LogP contribution in [0.25, 0.3) is 0 Å². The fourth-order valence-corrected chi connectivity index (χ4v) is 2.27. The van der Waals surface area contributed by atoms with E-state index in [1.807, 2.05) is 12.4 Å². The van der Waals surface area contributed by atoms with Gasteiger partial charge in [0.1, 0.15) is 6.33 Å². The molecule has 4 heteroatoms. The second-order valence-corrected chi connectivity index (χ2v) is 4.70. The van der Waals surface area contributed by atoms with Gasteiger partial charge in [-0.05, 0) is 12.8 Å². The Kier molecular flexibility index (Phi) is 3.72. The Balaban J connectivity index is 1.97. The molecular formula is C12H20N4. The molecule has 0 amide bonds. The molecule has 0 bridgehead atoms. The van der Waals surface area contributed by atoms with E-state index in [2.05, 4.69) is 34.0 Å². The third-order valence-corrected chi connectivity index (χ3v) is 2.90. The van der Waals surface area contributed by atoms with Crippen LogP contribution in [-0.4, -0.2) is 35.1 Å². The van der Waals surface area contributed by atoms with Crippen LogP contribution >= 0.6 is 0 Å². The normalized spacial score (nSPS) is 21.4. The Morgan fingerprint density at radius 3 is 2.81 bits per heavy atom. The van der Waals surface area contributed by atoms with Crippen molar-refractivity contribution in [2.75, 3.05) is 18.0 Å². The van der Waals surface area contributed by atoms with Crippen molar-refractivity contribution in [3.8, 4) is 0 Å². The summed E-state index contributed by atoms with van der Waals surface area (Å²) >= 11 is 0. The van der Waals surface area contributed by atoms with E-state index in [1.54, 1.807) is 6.33 Å². The molecule has 16 heavy (non-hydrogen) atoms. The van der Waals surface area contributed by atoms with Crippen molar-refractivity contribution in [1.29, 1.82) is 0 Å². The fraction of sp³-hybridized carbons (Fsp3) is 0.667. The lowest BCUT2D eigenvalue weighted by molar-refractivity contribution is 0.394. The van der Waals surface area contributed by atoms with Crippen molar-refractivity contribution in [2.45, 2.75) is 38.8 Å². The molecule has 1 atom stereocenters. The number of nitrogens with one attached hydrogen (secondary N) is 1. The Hall–Kier alpha value is -1.16. The fourth-order valence-electron chi connectivity index (χ4n) is 2.27. The molecule has 0 aromatic carbocycles. The molecule has 1 aliphatic heterocycles. The van der Waals surface area contributed by atoms with Gasteiger partial charge in [0.15, 0.2) is 0 Å². The van der Waals surface area contributed by atoms with Crippen LogP contribution in [0.5, 0.6) is 0 Å². The Bertz CT molecular complexity index is 312. The number of hydrogen-bond donors (Lipinski definition) is 1. The van der Waals surface area contributed by atoms with Crippen molar-refractivity contribution in [3.05, 3.63) is 18.7 Å². The molecule has 0 aliphatic carbocycles. The van der Waals surface area contributed by atoms with E-state index in [-0.39, 0.29) is 0 Å². The highest BCUT2D eigenvalue weighted by molar-refractivity contribution is 5.42. The lowest BCUT2D eigenvalue weighted by atomic mass is 10.0. The second kappa shape index (κ2) is 5.25. The van der Waals surface area contributed by atoms with E-state index in [9.17, 15) is 0 Å². The van der Waals surface area contributed by atoms with Crippen molar-refractivity contribution in [2.24, 2.45) is 0 Å². The zero-order valence-corrected chi connectivity index (χ0v) is 10.1. The lowest BCUT2D eigenvalue weighted by Crippen LogP contribution is -2.47. The van der Waals surface area contributed by atoms with Crippen molar-refractivity contribution in [3.63, 3.8) is 0 Å². The van der Waals surface area contributed by atoms with Crippen LogP contribution in [0.1, 0.15) is 26.7 Å². The van der Waals surface area contributed by atoms with Crippen LogP contribution in [0.2, 0.25) is 0 Å². The predicted molar refractivity (Wildman–Crippen MR) is 65.5 cm³/mol. The second-order valence-electron chi connectivity index (χ2n) is 4.70. The van der Waals surface area contributed by atoms with Gasteiger partial charge in [0.2, 0.25) is 0 Å². The standard InChI is InChI=1S/C12H20N4/c1-10(2)15-11-4-3-5-16(8-11)12-6-13-9-14-7-12/h6-7,9-11,15H,3-5,8H2,1-2H3. The van der Waals surface area contributed by atoms with Crippen molar-refractivity contribution >= 4 is 5.69 Å². The highest BCUT2D eigenvalue weighted by Crippen LogP contribution is 2.17. The first-order chi connectivity index (χ1) is 7.75. The molecule has 2 rings (SSSR count). The molecule has 1 unspecified atom stereocenters. The van der Waals surface area contributed by atoms with Gasteiger partial charge in [-0.1, -0.05) is 13.8 Å². The first-order valence-electron chi connectivity index (χ1n) is 6.01. The van der Waals surface area contributed by atoms with Gasteiger partial charge in [-0.15, -0.1) is 0 Å². The third kappa shape index (κ3) is 2.92. The molecular weight excluding hydrogens is 200 g/mol. The summed E-state index contributed by atoms with van der Waals surface area (Å²) < 4.78 is 0. The molecule has 2 heterocycles. The number of piperidine rings is 1. The summed E-state index contributed by atoms with van der Waals surface area (Å²) in [6, 6.07) is 1.14. The maximum absolute atomic E-state index is 4.07. The van der Waals surface area contributed by atoms with E-state index >= 15 is 0 Å². The van der Waals surface area contributed by atoms with Crippen LogP contribution in [0.3, 0.4) is 0 Å². The largest absolute Gasteiger partial charge is 0.367 e. The van der Waals surface area contributed by atoms with Crippen molar-refractivity contribution < 1.29 is 0 Å². The average molecular weight is 220 g/mol. The molecule has 88 valence electrons. The van der Waals surface area contributed by atoms with Crippen molar-refractivity contribution in [1.82, 2.24) is 15.3 Å². The van der Waals surface area contributed by atoms with Gasteiger partial charge in [0.25, 0.3) is 0 Å². The van der Waals surface area contributed by atoms with Gasteiger partial charge in [0.05, 0.1) is 18.1 Å². The topological polar surface area (TPSA) is 41.0 Å². The molecule has 1 saturated heterocycles. The Morgan fingerprint density at radius 1 is 1.38 bits per heavy atom. The maximum Gasteiger partial charge on any atom is 0.115 e. The lowest BCUT2D eigenvalue weighted by Gasteiger charge is -2.35.